The highest BCUT2D eigenvalue weighted by Gasteiger charge is 2.27. The Morgan fingerprint density at radius 3 is 2.34 bits per heavy atom. The summed E-state index contributed by atoms with van der Waals surface area (Å²) in [4.78, 5) is 42.3. The van der Waals surface area contributed by atoms with Crippen LogP contribution < -0.4 is 16.2 Å². The standard InChI is InChI=1S/C25H28N6O6S/c1-18-24(25(34)31(29(18)2)20-8-4-3-5-9-20)28-22(32)16-26-37-17-23(33)27-19-10-12-21(13-11-19)38(35,36)30-14-6-7-15-30/h3-5,8-13,16H,6-7,14-15,17H2,1-2H3,(H,27,33)(H,28,32)/b26-16+. The average Bonchev–Trinajstić information content (AvgIpc) is 3.52. The first-order valence-corrected chi connectivity index (χ1v) is 13.3. The topological polar surface area (TPSA) is 144 Å². The Kier molecular flexibility index (Phi) is 8.08. The Morgan fingerprint density at radius 2 is 1.68 bits per heavy atom. The van der Waals surface area contributed by atoms with E-state index in [9.17, 15) is 22.8 Å². The number of carbonyl (C=O) groups is 2. The van der Waals surface area contributed by atoms with Gasteiger partial charge in [-0.3, -0.25) is 19.1 Å². The molecule has 2 heterocycles. The second-order valence-electron chi connectivity index (χ2n) is 8.62. The minimum atomic E-state index is -3.54. The lowest BCUT2D eigenvalue weighted by Crippen LogP contribution is -2.27. The number of benzene rings is 2. The zero-order valence-electron chi connectivity index (χ0n) is 21.0. The van der Waals surface area contributed by atoms with Crippen molar-refractivity contribution in [1.29, 1.82) is 0 Å². The van der Waals surface area contributed by atoms with E-state index in [0.717, 1.165) is 19.1 Å². The van der Waals surface area contributed by atoms with Crippen LogP contribution in [0.25, 0.3) is 5.69 Å². The fourth-order valence-electron chi connectivity index (χ4n) is 4.03. The zero-order valence-corrected chi connectivity index (χ0v) is 21.8. The molecule has 0 bridgehead atoms. The van der Waals surface area contributed by atoms with Crippen LogP contribution in [-0.4, -0.2) is 59.8 Å². The molecule has 2 amide bonds. The summed E-state index contributed by atoms with van der Waals surface area (Å²) in [6, 6.07) is 14.8. The number of hydrogen-bond acceptors (Lipinski definition) is 7. The average molecular weight is 541 g/mol. The number of anilines is 2. The Bertz CT molecular complexity index is 1500. The second-order valence-corrected chi connectivity index (χ2v) is 10.6. The van der Waals surface area contributed by atoms with E-state index in [-0.39, 0.29) is 10.6 Å². The predicted octanol–water partition coefficient (Wildman–Crippen LogP) is 1.85. The zero-order chi connectivity index (χ0) is 27.3. The summed E-state index contributed by atoms with van der Waals surface area (Å²) in [7, 11) is -1.83. The van der Waals surface area contributed by atoms with Crippen molar-refractivity contribution in [3.8, 4) is 5.69 Å². The van der Waals surface area contributed by atoms with E-state index in [0.29, 0.717) is 30.2 Å². The Balaban J connectivity index is 1.28. The molecule has 0 radical (unpaired) electrons. The van der Waals surface area contributed by atoms with Gasteiger partial charge in [0, 0.05) is 25.8 Å². The molecule has 2 aromatic carbocycles. The van der Waals surface area contributed by atoms with Gasteiger partial charge in [0.05, 0.1) is 16.3 Å². The number of oxime groups is 1. The summed E-state index contributed by atoms with van der Waals surface area (Å²) < 4.78 is 29.7. The van der Waals surface area contributed by atoms with E-state index >= 15 is 0 Å². The second kappa shape index (κ2) is 11.4. The maximum absolute atomic E-state index is 12.8. The minimum Gasteiger partial charge on any atom is -0.385 e. The summed E-state index contributed by atoms with van der Waals surface area (Å²) in [6.07, 6.45) is 2.51. The number of aromatic nitrogens is 2. The van der Waals surface area contributed by atoms with E-state index in [4.69, 9.17) is 4.84 Å². The largest absolute Gasteiger partial charge is 0.385 e. The van der Waals surface area contributed by atoms with Gasteiger partial charge in [-0.2, -0.15) is 4.31 Å². The molecule has 0 spiro atoms. The van der Waals surface area contributed by atoms with Crippen molar-refractivity contribution in [3.05, 3.63) is 70.6 Å². The molecule has 1 aromatic heterocycles. The third kappa shape index (κ3) is 5.84. The van der Waals surface area contributed by atoms with Gasteiger partial charge in [0.2, 0.25) is 10.0 Å². The molecular formula is C25H28N6O6S. The van der Waals surface area contributed by atoms with Gasteiger partial charge in [-0.1, -0.05) is 23.4 Å². The quantitative estimate of drug-likeness (QED) is 0.313. The lowest BCUT2D eigenvalue weighted by molar-refractivity contribution is -0.120. The molecule has 0 atom stereocenters. The van der Waals surface area contributed by atoms with E-state index in [1.54, 1.807) is 42.9 Å². The van der Waals surface area contributed by atoms with Crippen LogP contribution in [0.2, 0.25) is 0 Å². The van der Waals surface area contributed by atoms with Crippen molar-refractivity contribution in [1.82, 2.24) is 13.7 Å². The number of amides is 2. The lowest BCUT2D eigenvalue weighted by atomic mass is 10.3. The van der Waals surface area contributed by atoms with Crippen LogP contribution in [0.1, 0.15) is 18.5 Å². The van der Waals surface area contributed by atoms with Crippen LogP contribution in [0, 0.1) is 6.92 Å². The first-order chi connectivity index (χ1) is 18.2. The summed E-state index contributed by atoms with van der Waals surface area (Å²) >= 11 is 0. The van der Waals surface area contributed by atoms with Gasteiger partial charge in [-0.25, -0.2) is 13.1 Å². The Hall–Kier alpha value is -4.23. The molecule has 3 aromatic rings. The number of nitrogens with zero attached hydrogens (tertiary/aromatic N) is 4. The van der Waals surface area contributed by atoms with Gasteiger partial charge in [-0.15, -0.1) is 0 Å². The molecule has 0 saturated carbocycles. The first-order valence-electron chi connectivity index (χ1n) is 11.9. The Morgan fingerprint density at radius 1 is 1.03 bits per heavy atom. The molecule has 38 heavy (non-hydrogen) atoms. The van der Waals surface area contributed by atoms with E-state index < -0.39 is 34.0 Å². The van der Waals surface area contributed by atoms with E-state index in [2.05, 4.69) is 15.8 Å². The molecule has 1 fully saturated rings. The van der Waals surface area contributed by atoms with Crippen molar-refractivity contribution >= 4 is 39.4 Å². The molecule has 1 aliphatic heterocycles. The molecule has 200 valence electrons. The van der Waals surface area contributed by atoms with Crippen LogP contribution in [0.4, 0.5) is 11.4 Å². The number of sulfonamides is 1. The lowest BCUT2D eigenvalue weighted by Gasteiger charge is -2.15. The van der Waals surface area contributed by atoms with Crippen molar-refractivity contribution in [2.24, 2.45) is 12.2 Å². The van der Waals surface area contributed by atoms with Gasteiger partial charge in [-0.05, 0) is 56.2 Å². The van der Waals surface area contributed by atoms with Gasteiger partial charge in [0.15, 0.2) is 6.61 Å². The highest BCUT2D eigenvalue weighted by atomic mass is 32.2. The third-order valence-corrected chi connectivity index (χ3v) is 8.00. The SMILES string of the molecule is Cc1c(NC(=O)/C=N/OCC(=O)Nc2ccc(S(=O)(=O)N3CCCC3)cc2)c(=O)n(-c2ccccc2)n1C. The van der Waals surface area contributed by atoms with Gasteiger partial charge < -0.3 is 15.5 Å². The van der Waals surface area contributed by atoms with Crippen molar-refractivity contribution in [3.63, 3.8) is 0 Å². The smallest absolute Gasteiger partial charge is 0.295 e. The third-order valence-electron chi connectivity index (χ3n) is 6.08. The Labute approximate surface area is 219 Å². The minimum absolute atomic E-state index is 0.0979. The number of nitrogens with one attached hydrogen (secondary N) is 2. The number of carbonyl (C=O) groups excluding carboxylic acids is 2. The van der Waals surface area contributed by atoms with Crippen molar-refractivity contribution in [2.45, 2.75) is 24.7 Å². The molecule has 12 nitrogen and oxygen atoms in total. The van der Waals surface area contributed by atoms with Crippen molar-refractivity contribution < 1.29 is 22.8 Å². The monoisotopic (exact) mass is 540 g/mol. The van der Waals surface area contributed by atoms with E-state index in [1.807, 2.05) is 6.07 Å². The molecule has 0 unspecified atom stereocenters. The van der Waals surface area contributed by atoms with Crippen LogP contribution in [0.5, 0.6) is 0 Å². The molecular weight excluding hydrogens is 512 g/mol. The number of para-hydroxylation sites is 1. The van der Waals surface area contributed by atoms with Crippen LogP contribution in [-0.2, 0) is 31.5 Å². The van der Waals surface area contributed by atoms with Gasteiger partial charge in [0.1, 0.15) is 11.9 Å². The summed E-state index contributed by atoms with van der Waals surface area (Å²) in [6.45, 7) is 2.23. The summed E-state index contributed by atoms with van der Waals surface area (Å²) in [5, 5.41) is 8.55. The van der Waals surface area contributed by atoms with Crippen LogP contribution in [0.3, 0.4) is 0 Å². The molecule has 0 aliphatic carbocycles. The van der Waals surface area contributed by atoms with Crippen LogP contribution in [0.15, 0.2) is 69.4 Å². The molecule has 13 heteroatoms. The fraction of sp³-hybridized carbons (Fsp3) is 0.280. The molecule has 1 saturated heterocycles. The highest BCUT2D eigenvalue weighted by Crippen LogP contribution is 2.22. The molecule has 4 rings (SSSR count). The van der Waals surface area contributed by atoms with E-state index in [1.165, 1.54) is 33.3 Å². The number of hydrogen-bond donors (Lipinski definition) is 2. The highest BCUT2D eigenvalue weighted by molar-refractivity contribution is 7.89. The van der Waals surface area contributed by atoms with Crippen LogP contribution >= 0.6 is 0 Å². The molecule has 2 N–H and O–H groups in total. The molecule has 1 aliphatic rings. The number of rotatable bonds is 9. The summed E-state index contributed by atoms with van der Waals surface area (Å²) in [5.74, 6) is -1.26. The predicted molar refractivity (Wildman–Crippen MR) is 142 cm³/mol. The summed E-state index contributed by atoms with van der Waals surface area (Å²) in [5.41, 5.74) is 1.27. The maximum Gasteiger partial charge on any atom is 0.295 e. The first kappa shape index (κ1) is 26.8. The van der Waals surface area contributed by atoms with Gasteiger partial charge in [0.25, 0.3) is 17.4 Å². The normalized spacial score (nSPS) is 14.1. The van der Waals surface area contributed by atoms with Crippen molar-refractivity contribution in [2.75, 3.05) is 30.3 Å². The maximum atomic E-state index is 12.8. The van der Waals surface area contributed by atoms with Gasteiger partial charge >= 0.3 is 0 Å². The fourth-order valence-corrected chi connectivity index (χ4v) is 5.55.